The molecule has 1 aliphatic rings. The largest absolute Gasteiger partial charge is 0.338 e. The van der Waals surface area contributed by atoms with Crippen molar-refractivity contribution in [3.63, 3.8) is 0 Å². The van der Waals surface area contributed by atoms with Gasteiger partial charge in [-0.1, -0.05) is 48.8 Å². The summed E-state index contributed by atoms with van der Waals surface area (Å²) in [6, 6.07) is 8.19. The maximum atomic E-state index is 12.0. The Morgan fingerprint density at radius 2 is 1.89 bits per heavy atom. The number of halogens is 1. The topological polar surface area (TPSA) is 20.3 Å². The predicted octanol–water partition coefficient (Wildman–Crippen LogP) is 3.84. The van der Waals surface area contributed by atoms with E-state index in [1.165, 1.54) is 5.56 Å². The first kappa shape index (κ1) is 13.6. The molecule has 0 bridgehead atoms. The Balaban J connectivity index is 2.03. The quantitative estimate of drug-likeness (QED) is 0.812. The smallest absolute Gasteiger partial charge is 0.223 e. The molecule has 1 fully saturated rings. The van der Waals surface area contributed by atoms with E-state index >= 15 is 0 Å². The Labute approximate surface area is 117 Å². The molecule has 0 N–H and O–H groups in total. The molecule has 18 heavy (non-hydrogen) atoms. The third-order valence-electron chi connectivity index (χ3n) is 3.73. The van der Waals surface area contributed by atoms with E-state index in [0.717, 1.165) is 17.6 Å². The molecule has 2 rings (SSSR count). The van der Waals surface area contributed by atoms with Crippen LogP contribution in [0.1, 0.15) is 32.8 Å². The van der Waals surface area contributed by atoms with Gasteiger partial charge in [-0.2, -0.15) is 0 Å². The fraction of sp³-hybridized carbons (Fsp3) is 0.533. The molecule has 1 atom stereocenters. The molecule has 0 radical (unpaired) electrons. The van der Waals surface area contributed by atoms with Gasteiger partial charge in [-0.25, -0.2) is 0 Å². The maximum Gasteiger partial charge on any atom is 0.223 e. The van der Waals surface area contributed by atoms with Crippen LogP contribution in [0.2, 0.25) is 0 Å². The van der Waals surface area contributed by atoms with Gasteiger partial charge in [-0.05, 0) is 29.0 Å². The Bertz CT molecular complexity index is 433. The number of nitrogens with zero attached hydrogens (tertiary/aromatic N) is 1. The lowest BCUT2D eigenvalue weighted by Gasteiger charge is -2.26. The maximum absolute atomic E-state index is 12.0. The monoisotopic (exact) mass is 309 g/mol. The molecule has 1 heterocycles. The zero-order valence-electron chi connectivity index (χ0n) is 11.2. The summed E-state index contributed by atoms with van der Waals surface area (Å²) in [7, 11) is 0. The van der Waals surface area contributed by atoms with Crippen molar-refractivity contribution >= 4 is 21.8 Å². The van der Waals surface area contributed by atoms with Gasteiger partial charge in [0.2, 0.25) is 5.91 Å². The lowest BCUT2D eigenvalue weighted by atomic mass is 9.80. The summed E-state index contributed by atoms with van der Waals surface area (Å²) in [4.78, 5) is 14.0. The van der Waals surface area contributed by atoms with Crippen LogP contribution in [-0.2, 0) is 11.3 Å². The molecule has 1 unspecified atom stereocenters. The lowest BCUT2D eigenvalue weighted by Crippen LogP contribution is -2.27. The van der Waals surface area contributed by atoms with Crippen LogP contribution in [0.4, 0.5) is 0 Å². The molecule has 1 saturated heterocycles. The van der Waals surface area contributed by atoms with Crippen LogP contribution in [0.3, 0.4) is 0 Å². The highest BCUT2D eigenvalue weighted by atomic mass is 79.9. The van der Waals surface area contributed by atoms with Crippen LogP contribution in [0.25, 0.3) is 0 Å². The predicted molar refractivity (Wildman–Crippen MR) is 77.1 cm³/mol. The van der Waals surface area contributed by atoms with Crippen LogP contribution in [0.15, 0.2) is 28.7 Å². The van der Waals surface area contributed by atoms with Crippen molar-refractivity contribution in [1.82, 2.24) is 4.90 Å². The van der Waals surface area contributed by atoms with E-state index in [9.17, 15) is 4.79 Å². The number of benzene rings is 1. The van der Waals surface area contributed by atoms with E-state index in [4.69, 9.17) is 0 Å². The molecule has 1 amide bonds. The fourth-order valence-corrected chi connectivity index (χ4v) is 2.58. The second kappa shape index (κ2) is 5.04. The van der Waals surface area contributed by atoms with Crippen LogP contribution in [0, 0.1) is 11.3 Å². The number of carbonyl (C=O) groups excluding carboxylic acids is 1. The number of rotatable bonds is 2. The van der Waals surface area contributed by atoms with Crippen molar-refractivity contribution in [2.75, 3.05) is 6.54 Å². The van der Waals surface area contributed by atoms with Crippen LogP contribution in [0.5, 0.6) is 0 Å². The van der Waals surface area contributed by atoms with Gasteiger partial charge >= 0.3 is 0 Å². The first-order valence-electron chi connectivity index (χ1n) is 6.38. The highest BCUT2D eigenvalue weighted by molar-refractivity contribution is 9.10. The lowest BCUT2D eigenvalue weighted by molar-refractivity contribution is -0.128. The average molecular weight is 310 g/mol. The molecule has 1 aromatic rings. The summed E-state index contributed by atoms with van der Waals surface area (Å²) in [5.41, 5.74) is 1.41. The van der Waals surface area contributed by atoms with Gasteiger partial charge in [0.15, 0.2) is 0 Å². The first-order chi connectivity index (χ1) is 8.36. The van der Waals surface area contributed by atoms with Gasteiger partial charge in [-0.3, -0.25) is 4.79 Å². The highest BCUT2D eigenvalue weighted by Gasteiger charge is 2.36. The minimum atomic E-state index is 0.212. The van der Waals surface area contributed by atoms with Crippen molar-refractivity contribution in [3.8, 4) is 0 Å². The standard InChI is InChI=1S/C15H20BrNO/c1-15(2,3)12-8-14(18)17(10-12)9-11-4-6-13(16)7-5-11/h4-7,12H,8-10H2,1-3H3. The summed E-state index contributed by atoms with van der Waals surface area (Å²) in [5, 5.41) is 0. The Hall–Kier alpha value is -0.830. The van der Waals surface area contributed by atoms with Gasteiger partial charge < -0.3 is 4.90 Å². The molecule has 98 valence electrons. The summed E-state index contributed by atoms with van der Waals surface area (Å²) in [6.45, 7) is 8.27. The second-order valence-corrected chi connectivity index (χ2v) is 7.08. The van der Waals surface area contributed by atoms with Gasteiger partial charge in [-0.15, -0.1) is 0 Å². The van der Waals surface area contributed by atoms with E-state index in [2.05, 4.69) is 48.8 Å². The van der Waals surface area contributed by atoms with Gasteiger partial charge in [0.1, 0.15) is 0 Å². The second-order valence-electron chi connectivity index (χ2n) is 6.17. The van der Waals surface area contributed by atoms with Crippen LogP contribution < -0.4 is 0 Å². The molecule has 0 spiro atoms. The van der Waals surface area contributed by atoms with E-state index in [0.29, 0.717) is 12.3 Å². The normalized spacial score (nSPS) is 20.6. The number of carbonyl (C=O) groups is 1. The van der Waals surface area contributed by atoms with Crippen molar-refractivity contribution in [2.45, 2.75) is 33.7 Å². The van der Waals surface area contributed by atoms with Gasteiger partial charge in [0.25, 0.3) is 0 Å². The Morgan fingerprint density at radius 1 is 1.28 bits per heavy atom. The van der Waals surface area contributed by atoms with Crippen LogP contribution in [-0.4, -0.2) is 17.4 Å². The molecule has 0 aromatic heterocycles. The number of hydrogen-bond donors (Lipinski definition) is 0. The molecule has 3 heteroatoms. The van der Waals surface area contributed by atoms with Crippen molar-refractivity contribution < 1.29 is 4.79 Å². The fourth-order valence-electron chi connectivity index (χ4n) is 2.32. The van der Waals surface area contributed by atoms with E-state index < -0.39 is 0 Å². The summed E-state index contributed by atoms with van der Waals surface area (Å²) < 4.78 is 1.08. The first-order valence-corrected chi connectivity index (χ1v) is 7.18. The van der Waals surface area contributed by atoms with E-state index in [-0.39, 0.29) is 11.3 Å². The minimum absolute atomic E-state index is 0.212. The third kappa shape index (κ3) is 3.14. The summed E-state index contributed by atoms with van der Waals surface area (Å²) >= 11 is 3.43. The molecular formula is C15H20BrNO. The van der Waals surface area contributed by atoms with Crippen LogP contribution >= 0.6 is 15.9 Å². The Morgan fingerprint density at radius 3 is 2.39 bits per heavy atom. The number of hydrogen-bond acceptors (Lipinski definition) is 1. The average Bonchev–Trinajstić information content (AvgIpc) is 2.63. The molecule has 1 aromatic carbocycles. The zero-order chi connectivity index (χ0) is 13.3. The number of likely N-dealkylation sites (tertiary alicyclic amines) is 1. The summed E-state index contributed by atoms with van der Waals surface area (Å²) in [5.74, 6) is 0.762. The SMILES string of the molecule is CC(C)(C)C1CC(=O)N(Cc2ccc(Br)cc2)C1. The summed E-state index contributed by atoms with van der Waals surface area (Å²) in [6.07, 6.45) is 0.694. The molecule has 0 aliphatic carbocycles. The number of amides is 1. The molecule has 0 saturated carbocycles. The molecule has 2 nitrogen and oxygen atoms in total. The van der Waals surface area contributed by atoms with Gasteiger partial charge in [0, 0.05) is 24.0 Å². The highest BCUT2D eigenvalue weighted by Crippen LogP contribution is 2.34. The van der Waals surface area contributed by atoms with Crippen molar-refractivity contribution in [2.24, 2.45) is 11.3 Å². The van der Waals surface area contributed by atoms with Gasteiger partial charge in [0.05, 0.1) is 0 Å². The zero-order valence-corrected chi connectivity index (χ0v) is 12.8. The van der Waals surface area contributed by atoms with Crippen molar-refractivity contribution in [1.29, 1.82) is 0 Å². The third-order valence-corrected chi connectivity index (χ3v) is 4.25. The molecular weight excluding hydrogens is 290 g/mol. The van der Waals surface area contributed by atoms with Crippen molar-refractivity contribution in [3.05, 3.63) is 34.3 Å². The minimum Gasteiger partial charge on any atom is -0.338 e. The van der Waals surface area contributed by atoms with E-state index in [1.807, 2.05) is 17.0 Å². The molecule has 1 aliphatic heterocycles. The van der Waals surface area contributed by atoms with E-state index in [1.54, 1.807) is 0 Å². The Kier molecular flexibility index (Phi) is 3.81.